The van der Waals surface area contributed by atoms with Gasteiger partial charge in [0.25, 0.3) is 11.6 Å². The zero-order valence-corrected chi connectivity index (χ0v) is 10.1. The number of nitrogen functional groups attached to an aromatic ring is 1. The third-order valence-corrected chi connectivity index (χ3v) is 2.44. The van der Waals surface area contributed by atoms with Gasteiger partial charge in [0.05, 0.1) is 17.5 Å². The Kier molecular flexibility index (Phi) is 3.78. The van der Waals surface area contributed by atoms with Crippen molar-refractivity contribution in [3.63, 3.8) is 0 Å². The molecule has 96 valence electrons. The van der Waals surface area contributed by atoms with Gasteiger partial charge in [-0.1, -0.05) is 0 Å². The van der Waals surface area contributed by atoms with E-state index in [1.807, 2.05) is 0 Å². The molecule has 0 saturated heterocycles. The Balaban J connectivity index is 2.21. The molecule has 18 heavy (non-hydrogen) atoms. The maximum absolute atomic E-state index is 11.8. The molecule has 0 spiro atoms. The second-order valence-corrected chi connectivity index (χ2v) is 3.84. The predicted octanol–water partition coefficient (Wildman–Crippen LogP) is 0.921. The molecule has 0 amide bonds. The first-order valence-electron chi connectivity index (χ1n) is 5.62. The van der Waals surface area contributed by atoms with Gasteiger partial charge in [-0.15, -0.1) is 0 Å². The number of rotatable bonds is 5. The number of nitrogens with two attached hydrogens (primary N) is 1. The summed E-state index contributed by atoms with van der Waals surface area (Å²) in [7, 11) is 1.63. The zero-order chi connectivity index (χ0) is 13.0. The quantitative estimate of drug-likeness (QED) is 0.607. The van der Waals surface area contributed by atoms with Crippen molar-refractivity contribution in [3.05, 3.63) is 28.6 Å². The Hall–Kier alpha value is -2.08. The Morgan fingerprint density at radius 3 is 3.00 bits per heavy atom. The fourth-order valence-corrected chi connectivity index (χ4v) is 1.58. The lowest BCUT2D eigenvalue weighted by atomic mass is 10.2. The van der Waals surface area contributed by atoms with Crippen LogP contribution in [-0.2, 0) is 4.74 Å². The van der Waals surface area contributed by atoms with E-state index in [1.165, 1.54) is 0 Å². The van der Waals surface area contributed by atoms with E-state index in [2.05, 4.69) is 9.97 Å². The number of aromatic nitrogens is 2. The van der Waals surface area contributed by atoms with E-state index in [9.17, 15) is 4.79 Å². The van der Waals surface area contributed by atoms with E-state index in [0.29, 0.717) is 29.8 Å². The number of H-pyrrole nitrogens is 1. The summed E-state index contributed by atoms with van der Waals surface area (Å²) in [6, 6.07) is 5.20. The number of fused-ring (bicyclic) bond motifs is 1. The van der Waals surface area contributed by atoms with E-state index < -0.39 is 0 Å². The first-order valence-corrected chi connectivity index (χ1v) is 5.62. The van der Waals surface area contributed by atoms with Crippen molar-refractivity contribution in [2.24, 2.45) is 0 Å². The maximum Gasteiger partial charge on any atom is 0.297 e. The molecule has 2 rings (SSSR count). The highest BCUT2D eigenvalue weighted by atomic mass is 16.5. The van der Waals surface area contributed by atoms with Gasteiger partial charge in [0.15, 0.2) is 0 Å². The summed E-state index contributed by atoms with van der Waals surface area (Å²) in [5.74, 6) is 0. The van der Waals surface area contributed by atoms with Crippen LogP contribution in [0.5, 0.6) is 6.01 Å². The second-order valence-electron chi connectivity index (χ2n) is 3.84. The summed E-state index contributed by atoms with van der Waals surface area (Å²) in [5, 5.41) is 0.458. The van der Waals surface area contributed by atoms with Gasteiger partial charge in [0, 0.05) is 25.8 Å². The molecule has 1 aromatic heterocycles. The summed E-state index contributed by atoms with van der Waals surface area (Å²) < 4.78 is 10.2. The van der Waals surface area contributed by atoms with Crippen molar-refractivity contribution in [3.8, 4) is 6.01 Å². The molecule has 1 heterocycles. The number of ether oxygens (including phenoxy) is 2. The van der Waals surface area contributed by atoms with Crippen LogP contribution in [0, 0.1) is 0 Å². The summed E-state index contributed by atoms with van der Waals surface area (Å²) >= 11 is 0. The minimum atomic E-state index is -0.256. The monoisotopic (exact) mass is 249 g/mol. The predicted molar refractivity (Wildman–Crippen MR) is 68.8 cm³/mol. The van der Waals surface area contributed by atoms with E-state index in [1.54, 1.807) is 25.3 Å². The van der Waals surface area contributed by atoms with E-state index >= 15 is 0 Å². The standard InChI is InChI=1S/C12H15N3O3/c1-17-5-2-6-18-12-14-10-4-3-8(13)7-9(10)11(16)15-12/h3-4,7H,2,5-6,13H2,1H3,(H,14,15,16). The highest BCUT2D eigenvalue weighted by Crippen LogP contribution is 2.13. The van der Waals surface area contributed by atoms with Gasteiger partial charge < -0.3 is 15.2 Å². The van der Waals surface area contributed by atoms with Crippen molar-refractivity contribution in [1.82, 2.24) is 9.97 Å². The number of aromatic amines is 1. The van der Waals surface area contributed by atoms with Gasteiger partial charge in [-0.3, -0.25) is 9.78 Å². The summed E-state index contributed by atoms with van der Waals surface area (Å²) in [6.07, 6.45) is 0.736. The lowest BCUT2D eigenvalue weighted by Crippen LogP contribution is -2.12. The minimum Gasteiger partial charge on any atom is -0.465 e. The first kappa shape index (κ1) is 12.4. The molecule has 0 aliphatic heterocycles. The van der Waals surface area contributed by atoms with Gasteiger partial charge in [-0.2, -0.15) is 4.98 Å². The number of hydrogen-bond donors (Lipinski definition) is 2. The number of nitrogens with zero attached hydrogens (tertiary/aromatic N) is 1. The molecular weight excluding hydrogens is 234 g/mol. The van der Waals surface area contributed by atoms with Gasteiger partial charge in [-0.25, -0.2) is 0 Å². The van der Waals surface area contributed by atoms with Crippen LogP contribution in [0.1, 0.15) is 6.42 Å². The van der Waals surface area contributed by atoms with E-state index in [0.717, 1.165) is 6.42 Å². The Bertz CT molecular complexity index is 595. The van der Waals surface area contributed by atoms with Gasteiger partial charge >= 0.3 is 0 Å². The average Bonchev–Trinajstić information content (AvgIpc) is 2.36. The van der Waals surface area contributed by atoms with Crippen LogP contribution in [-0.4, -0.2) is 30.3 Å². The van der Waals surface area contributed by atoms with E-state index in [4.69, 9.17) is 15.2 Å². The third kappa shape index (κ3) is 2.78. The van der Waals surface area contributed by atoms with Crippen molar-refractivity contribution < 1.29 is 9.47 Å². The normalized spacial score (nSPS) is 10.7. The molecule has 0 atom stereocenters. The number of nitrogens with one attached hydrogen (secondary N) is 1. The Labute approximate surface area is 104 Å². The van der Waals surface area contributed by atoms with Crippen LogP contribution in [0.3, 0.4) is 0 Å². The van der Waals surface area contributed by atoms with Crippen molar-refractivity contribution in [1.29, 1.82) is 0 Å². The summed E-state index contributed by atoms with van der Waals surface area (Å²) in [5.41, 5.74) is 6.46. The molecule has 3 N–H and O–H groups in total. The summed E-state index contributed by atoms with van der Waals surface area (Å²) in [6.45, 7) is 1.05. The lowest BCUT2D eigenvalue weighted by Gasteiger charge is -2.05. The van der Waals surface area contributed by atoms with E-state index in [-0.39, 0.29) is 11.6 Å². The molecule has 0 bridgehead atoms. The smallest absolute Gasteiger partial charge is 0.297 e. The number of hydrogen-bond acceptors (Lipinski definition) is 5. The fraction of sp³-hybridized carbons (Fsp3) is 0.333. The number of methoxy groups -OCH3 is 1. The van der Waals surface area contributed by atoms with Crippen LogP contribution < -0.4 is 16.0 Å². The molecule has 0 radical (unpaired) electrons. The average molecular weight is 249 g/mol. The van der Waals surface area contributed by atoms with Crippen molar-refractivity contribution in [2.45, 2.75) is 6.42 Å². The maximum atomic E-state index is 11.8. The molecular formula is C12H15N3O3. The first-order chi connectivity index (χ1) is 8.70. The minimum absolute atomic E-state index is 0.216. The van der Waals surface area contributed by atoms with Gasteiger partial charge in [0.2, 0.25) is 0 Å². The molecule has 0 aliphatic rings. The molecule has 6 nitrogen and oxygen atoms in total. The number of benzene rings is 1. The molecule has 0 saturated carbocycles. The molecule has 0 unspecified atom stereocenters. The SMILES string of the molecule is COCCCOc1nc2ccc(N)cc2c(=O)[nH]1. The topological polar surface area (TPSA) is 90.2 Å². The third-order valence-electron chi connectivity index (χ3n) is 2.44. The highest BCUT2D eigenvalue weighted by molar-refractivity contribution is 5.81. The Morgan fingerprint density at radius 1 is 1.39 bits per heavy atom. The fourth-order valence-electron chi connectivity index (χ4n) is 1.58. The van der Waals surface area contributed by atoms with Crippen LogP contribution >= 0.6 is 0 Å². The second kappa shape index (κ2) is 5.50. The van der Waals surface area contributed by atoms with Gasteiger partial charge in [0.1, 0.15) is 0 Å². The van der Waals surface area contributed by atoms with Crippen LogP contribution in [0.25, 0.3) is 10.9 Å². The molecule has 1 aromatic carbocycles. The molecule has 0 fully saturated rings. The highest BCUT2D eigenvalue weighted by Gasteiger charge is 2.04. The largest absolute Gasteiger partial charge is 0.465 e. The molecule has 6 heteroatoms. The zero-order valence-electron chi connectivity index (χ0n) is 10.1. The van der Waals surface area contributed by atoms with Crippen LogP contribution in [0.4, 0.5) is 5.69 Å². The van der Waals surface area contributed by atoms with Gasteiger partial charge in [-0.05, 0) is 18.2 Å². The van der Waals surface area contributed by atoms with Crippen LogP contribution in [0.2, 0.25) is 0 Å². The summed E-state index contributed by atoms with van der Waals surface area (Å²) in [4.78, 5) is 18.6. The van der Waals surface area contributed by atoms with Crippen molar-refractivity contribution in [2.75, 3.05) is 26.1 Å². The van der Waals surface area contributed by atoms with Crippen LogP contribution in [0.15, 0.2) is 23.0 Å². The Morgan fingerprint density at radius 2 is 2.22 bits per heavy atom. The molecule has 0 aliphatic carbocycles. The lowest BCUT2D eigenvalue weighted by molar-refractivity contribution is 0.169. The van der Waals surface area contributed by atoms with Crippen molar-refractivity contribution >= 4 is 16.6 Å². The molecule has 2 aromatic rings. The number of anilines is 1.